The molecule has 0 fully saturated rings. The molecule has 6 heteroatoms. The van der Waals surface area contributed by atoms with Crippen LogP contribution < -0.4 is 4.74 Å². The van der Waals surface area contributed by atoms with Crippen LogP contribution in [0.25, 0.3) is 11.7 Å². The number of ether oxygens (including phenoxy) is 1. The maximum atomic E-state index is 5.70. The van der Waals surface area contributed by atoms with Crippen LogP contribution in [0.15, 0.2) is 43.8 Å². The molecule has 0 aliphatic heterocycles. The van der Waals surface area contributed by atoms with E-state index in [0.29, 0.717) is 22.2 Å². The summed E-state index contributed by atoms with van der Waals surface area (Å²) in [7, 11) is 0. The minimum absolute atomic E-state index is 0.221. The zero-order chi connectivity index (χ0) is 14.8. The van der Waals surface area contributed by atoms with E-state index in [1.807, 2.05) is 26.0 Å². The molecule has 0 aliphatic rings. The first-order chi connectivity index (χ1) is 10.1. The van der Waals surface area contributed by atoms with E-state index in [2.05, 4.69) is 32.2 Å². The Bertz CT molecular complexity index is 764. The molecule has 0 saturated carbocycles. The molecule has 3 aromatic rings. The minimum Gasteiger partial charge on any atom is -0.484 e. The Morgan fingerprint density at radius 1 is 1.10 bits per heavy atom. The van der Waals surface area contributed by atoms with E-state index in [-0.39, 0.29) is 6.61 Å². The lowest BCUT2D eigenvalue weighted by Gasteiger charge is -2.07. The van der Waals surface area contributed by atoms with E-state index in [4.69, 9.17) is 13.6 Å². The van der Waals surface area contributed by atoms with Crippen molar-refractivity contribution < 1.29 is 13.6 Å². The Balaban J connectivity index is 1.70. The Morgan fingerprint density at radius 3 is 2.67 bits per heavy atom. The molecule has 108 valence electrons. The number of hydrogen-bond donors (Lipinski definition) is 0. The van der Waals surface area contributed by atoms with Crippen molar-refractivity contribution in [1.29, 1.82) is 0 Å². The van der Waals surface area contributed by atoms with Crippen LogP contribution >= 0.6 is 15.9 Å². The van der Waals surface area contributed by atoms with E-state index in [0.717, 1.165) is 11.3 Å². The van der Waals surface area contributed by atoms with Gasteiger partial charge in [-0.05, 0) is 53.5 Å². The zero-order valence-corrected chi connectivity index (χ0v) is 13.2. The van der Waals surface area contributed by atoms with Crippen LogP contribution in [-0.4, -0.2) is 10.2 Å². The molecule has 2 heterocycles. The van der Waals surface area contributed by atoms with E-state index in [1.165, 1.54) is 5.56 Å². The van der Waals surface area contributed by atoms with Gasteiger partial charge < -0.3 is 13.6 Å². The fourth-order valence-electron chi connectivity index (χ4n) is 1.94. The van der Waals surface area contributed by atoms with Crippen molar-refractivity contribution in [1.82, 2.24) is 10.2 Å². The van der Waals surface area contributed by atoms with Gasteiger partial charge in [0.2, 0.25) is 0 Å². The maximum absolute atomic E-state index is 5.70. The van der Waals surface area contributed by atoms with Crippen LogP contribution in [0.2, 0.25) is 0 Å². The van der Waals surface area contributed by atoms with Crippen LogP contribution in [0.5, 0.6) is 5.75 Å². The highest BCUT2D eigenvalue weighted by Crippen LogP contribution is 2.24. The van der Waals surface area contributed by atoms with Crippen LogP contribution in [0.1, 0.15) is 17.0 Å². The molecule has 0 saturated heterocycles. The Labute approximate surface area is 130 Å². The third-order valence-electron chi connectivity index (χ3n) is 2.93. The summed E-state index contributed by atoms with van der Waals surface area (Å²) in [5.41, 5.74) is 2.27. The Kier molecular flexibility index (Phi) is 3.79. The van der Waals surface area contributed by atoms with Crippen molar-refractivity contribution in [3.05, 3.63) is 52.0 Å². The molecule has 2 aromatic heterocycles. The smallest absolute Gasteiger partial charge is 0.283 e. The lowest BCUT2D eigenvalue weighted by molar-refractivity contribution is 0.262. The fourth-order valence-corrected chi connectivity index (χ4v) is 2.25. The van der Waals surface area contributed by atoms with Gasteiger partial charge in [-0.2, -0.15) is 0 Å². The predicted molar refractivity (Wildman–Crippen MR) is 79.9 cm³/mol. The number of aromatic nitrogens is 2. The Hall–Kier alpha value is -2.08. The molecule has 0 N–H and O–H groups in total. The molecule has 1 aromatic carbocycles. The summed E-state index contributed by atoms with van der Waals surface area (Å²) in [6, 6.07) is 9.53. The van der Waals surface area contributed by atoms with Gasteiger partial charge in [0.25, 0.3) is 11.8 Å². The molecule has 0 radical (unpaired) electrons. The van der Waals surface area contributed by atoms with Gasteiger partial charge in [-0.15, -0.1) is 10.2 Å². The van der Waals surface area contributed by atoms with E-state index in [1.54, 1.807) is 12.1 Å². The van der Waals surface area contributed by atoms with E-state index < -0.39 is 0 Å². The first-order valence-electron chi connectivity index (χ1n) is 6.40. The van der Waals surface area contributed by atoms with Crippen molar-refractivity contribution in [3.8, 4) is 17.4 Å². The number of hydrogen-bond acceptors (Lipinski definition) is 5. The average molecular weight is 349 g/mol. The summed E-state index contributed by atoms with van der Waals surface area (Å²) < 4.78 is 17.2. The topological polar surface area (TPSA) is 61.3 Å². The number of furan rings is 1. The molecule has 0 unspecified atom stereocenters. The molecule has 3 rings (SSSR count). The molecule has 0 aliphatic carbocycles. The second-order valence-electron chi connectivity index (χ2n) is 4.66. The van der Waals surface area contributed by atoms with Gasteiger partial charge in [-0.3, -0.25) is 0 Å². The van der Waals surface area contributed by atoms with Crippen LogP contribution in [0.3, 0.4) is 0 Å². The lowest BCUT2D eigenvalue weighted by Crippen LogP contribution is -1.97. The van der Waals surface area contributed by atoms with Gasteiger partial charge in [0.05, 0.1) is 0 Å². The highest BCUT2D eigenvalue weighted by Gasteiger charge is 2.13. The first-order valence-corrected chi connectivity index (χ1v) is 7.19. The predicted octanol–water partition coefficient (Wildman–Crippen LogP) is 4.29. The highest BCUT2D eigenvalue weighted by atomic mass is 79.9. The minimum atomic E-state index is 0.221. The summed E-state index contributed by atoms with van der Waals surface area (Å²) in [5, 5.41) is 7.88. The molecule has 0 bridgehead atoms. The normalized spacial score (nSPS) is 10.8. The number of aryl methyl sites for hydroxylation is 2. The monoisotopic (exact) mass is 348 g/mol. The van der Waals surface area contributed by atoms with Crippen LogP contribution in [0.4, 0.5) is 0 Å². The van der Waals surface area contributed by atoms with Gasteiger partial charge in [-0.1, -0.05) is 17.7 Å². The molecule has 0 atom stereocenters. The number of halogens is 1. The van der Waals surface area contributed by atoms with E-state index in [9.17, 15) is 0 Å². The van der Waals surface area contributed by atoms with Crippen LogP contribution in [0, 0.1) is 13.8 Å². The van der Waals surface area contributed by atoms with Gasteiger partial charge in [0, 0.05) is 0 Å². The summed E-state index contributed by atoms with van der Waals surface area (Å²) in [5.74, 6) is 2.06. The summed E-state index contributed by atoms with van der Waals surface area (Å²) >= 11 is 3.23. The second kappa shape index (κ2) is 5.73. The molecular formula is C15H13BrN2O3. The quantitative estimate of drug-likeness (QED) is 0.703. The fraction of sp³-hybridized carbons (Fsp3) is 0.200. The Morgan fingerprint density at radius 2 is 1.95 bits per heavy atom. The van der Waals surface area contributed by atoms with Gasteiger partial charge in [-0.25, -0.2) is 0 Å². The third-order valence-corrected chi connectivity index (χ3v) is 3.36. The number of nitrogens with zero attached hydrogens (tertiary/aromatic N) is 2. The number of rotatable bonds is 4. The summed E-state index contributed by atoms with van der Waals surface area (Å²) in [4.78, 5) is 0. The second-order valence-corrected chi connectivity index (χ2v) is 5.44. The van der Waals surface area contributed by atoms with Crippen molar-refractivity contribution >= 4 is 15.9 Å². The van der Waals surface area contributed by atoms with Crippen molar-refractivity contribution in [2.45, 2.75) is 20.5 Å². The third kappa shape index (κ3) is 3.16. The van der Waals surface area contributed by atoms with Crippen molar-refractivity contribution in [2.24, 2.45) is 0 Å². The SMILES string of the molecule is Cc1ccc(OCc2nnc(-c3ccc(Br)o3)o2)c(C)c1. The first kappa shape index (κ1) is 13.9. The van der Waals surface area contributed by atoms with E-state index >= 15 is 0 Å². The molecule has 0 spiro atoms. The molecular weight excluding hydrogens is 336 g/mol. The van der Waals surface area contributed by atoms with Gasteiger partial charge >= 0.3 is 0 Å². The summed E-state index contributed by atoms with van der Waals surface area (Å²) in [6.07, 6.45) is 0. The largest absolute Gasteiger partial charge is 0.484 e. The molecule has 21 heavy (non-hydrogen) atoms. The zero-order valence-electron chi connectivity index (χ0n) is 11.6. The van der Waals surface area contributed by atoms with Crippen LogP contribution in [-0.2, 0) is 6.61 Å². The van der Waals surface area contributed by atoms with Crippen molar-refractivity contribution in [3.63, 3.8) is 0 Å². The van der Waals surface area contributed by atoms with Crippen molar-refractivity contribution in [2.75, 3.05) is 0 Å². The highest BCUT2D eigenvalue weighted by molar-refractivity contribution is 9.10. The maximum Gasteiger partial charge on any atom is 0.283 e. The standard InChI is InChI=1S/C15H13BrN2O3/c1-9-3-4-11(10(2)7-9)19-8-14-17-18-15(21-14)12-5-6-13(16)20-12/h3-7H,8H2,1-2H3. The van der Waals surface area contributed by atoms with Gasteiger partial charge in [0.1, 0.15) is 5.75 Å². The average Bonchev–Trinajstić information content (AvgIpc) is 3.06. The van der Waals surface area contributed by atoms with Gasteiger partial charge in [0.15, 0.2) is 17.0 Å². The summed E-state index contributed by atoms with van der Waals surface area (Å²) in [6.45, 7) is 4.27. The molecule has 0 amide bonds. The molecule has 5 nitrogen and oxygen atoms in total. The number of benzene rings is 1. The lowest BCUT2D eigenvalue weighted by atomic mass is 10.1.